The molecule has 1 aliphatic carbocycles. The van der Waals surface area contributed by atoms with Crippen LogP contribution >= 0.6 is 0 Å². The number of aryl methyl sites for hydroxylation is 3. The summed E-state index contributed by atoms with van der Waals surface area (Å²) in [6.07, 6.45) is 8.39. The fourth-order valence-corrected chi connectivity index (χ4v) is 3.74. The summed E-state index contributed by atoms with van der Waals surface area (Å²) in [6.45, 7) is 4.91. The van der Waals surface area contributed by atoms with Gasteiger partial charge >= 0.3 is 0 Å². The Bertz CT molecular complexity index is 807. The zero-order chi connectivity index (χ0) is 17.2. The van der Waals surface area contributed by atoms with Crippen molar-refractivity contribution in [3.63, 3.8) is 0 Å². The van der Waals surface area contributed by atoms with Crippen molar-refractivity contribution in [2.45, 2.75) is 45.3 Å². The lowest BCUT2D eigenvalue weighted by Crippen LogP contribution is -2.45. The van der Waals surface area contributed by atoms with Crippen molar-refractivity contribution < 1.29 is 4.74 Å². The summed E-state index contributed by atoms with van der Waals surface area (Å²) in [5.74, 6) is 0.827. The molecule has 1 aliphatic heterocycles. The Morgan fingerprint density at radius 1 is 1.36 bits per heavy atom. The Hall–Kier alpha value is -2.39. The van der Waals surface area contributed by atoms with Crippen molar-refractivity contribution in [1.29, 1.82) is 5.26 Å². The third-order valence-electron chi connectivity index (χ3n) is 4.99. The molecule has 0 radical (unpaired) electrons. The fraction of sp³-hybridized carbons (Fsp3) is 0.526. The van der Waals surface area contributed by atoms with Crippen LogP contribution in [0.15, 0.2) is 18.5 Å². The summed E-state index contributed by atoms with van der Waals surface area (Å²) < 4.78 is 7.84. The molecule has 4 rings (SSSR count). The third kappa shape index (κ3) is 3.38. The van der Waals surface area contributed by atoms with Crippen LogP contribution in [0.4, 0.5) is 5.82 Å². The number of nitriles is 1. The third-order valence-corrected chi connectivity index (χ3v) is 4.99. The van der Waals surface area contributed by atoms with Gasteiger partial charge in [0.05, 0.1) is 31.0 Å². The van der Waals surface area contributed by atoms with Gasteiger partial charge in [-0.05, 0) is 49.8 Å². The maximum Gasteiger partial charge on any atom is 0.147 e. The first-order chi connectivity index (χ1) is 12.2. The first-order valence-corrected chi connectivity index (χ1v) is 9.01. The SMILES string of the molecule is Cc1cnn(C[C@H]2CN(c3nc4c(cc3C#N)CCCC4)CCO2)c1. The summed E-state index contributed by atoms with van der Waals surface area (Å²) in [7, 11) is 0. The van der Waals surface area contributed by atoms with Crippen LogP contribution in [0.2, 0.25) is 0 Å². The molecule has 2 aliphatic rings. The summed E-state index contributed by atoms with van der Waals surface area (Å²) in [6, 6.07) is 4.40. The molecule has 1 atom stereocenters. The molecule has 0 saturated carbocycles. The molecule has 2 aromatic heterocycles. The lowest BCUT2D eigenvalue weighted by molar-refractivity contribution is 0.0271. The van der Waals surface area contributed by atoms with Crippen LogP contribution in [0.3, 0.4) is 0 Å². The Morgan fingerprint density at radius 3 is 3.04 bits per heavy atom. The van der Waals surface area contributed by atoms with E-state index in [1.165, 1.54) is 24.1 Å². The van der Waals surface area contributed by atoms with Crippen molar-refractivity contribution in [3.05, 3.63) is 40.8 Å². The zero-order valence-corrected chi connectivity index (χ0v) is 14.6. The minimum absolute atomic E-state index is 0.0532. The van der Waals surface area contributed by atoms with Gasteiger partial charge < -0.3 is 9.64 Å². The fourth-order valence-electron chi connectivity index (χ4n) is 3.74. The highest BCUT2D eigenvalue weighted by Gasteiger charge is 2.25. The number of morpholine rings is 1. The van der Waals surface area contributed by atoms with Gasteiger partial charge in [-0.15, -0.1) is 0 Å². The van der Waals surface area contributed by atoms with E-state index in [0.29, 0.717) is 12.2 Å². The minimum atomic E-state index is 0.0532. The molecule has 2 aromatic rings. The molecule has 1 saturated heterocycles. The lowest BCUT2D eigenvalue weighted by atomic mass is 9.95. The number of hydrogen-bond donors (Lipinski definition) is 0. The standard InChI is InChI=1S/C19H23N5O/c1-14-10-21-24(11-14)13-17-12-23(6-7-25-17)19-16(9-20)8-15-4-2-3-5-18(15)22-19/h8,10-11,17H,2-7,12-13H2,1H3/t17-/m1/s1. The van der Waals surface area contributed by atoms with Crippen molar-refractivity contribution in [2.24, 2.45) is 0 Å². The summed E-state index contributed by atoms with van der Waals surface area (Å²) >= 11 is 0. The largest absolute Gasteiger partial charge is 0.373 e. The monoisotopic (exact) mass is 337 g/mol. The van der Waals surface area contributed by atoms with Gasteiger partial charge in [0.15, 0.2) is 0 Å². The van der Waals surface area contributed by atoms with E-state index in [4.69, 9.17) is 9.72 Å². The number of hydrogen-bond acceptors (Lipinski definition) is 5. The molecule has 0 amide bonds. The van der Waals surface area contributed by atoms with Crippen LogP contribution in [0.25, 0.3) is 0 Å². The van der Waals surface area contributed by atoms with Gasteiger partial charge in [-0.2, -0.15) is 10.4 Å². The molecule has 1 fully saturated rings. The van der Waals surface area contributed by atoms with Crippen LogP contribution in [0.1, 0.15) is 35.2 Å². The second-order valence-electron chi connectivity index (χ2n) is 6.96. The molecule has 25 heavy (non-hydrogen) atoms. The molecular weight excluding hydrogens is 314 g/mol. The number of nitrogens with zero attached hydrogens (tertiary/aromatic N) is 5. The summed E-state index contributed by atoms with van der Waals surface area (Å²) in [4.78, 5) is 7.09. The highest BCUT2D eigenvalue weighted by Crippen LogP contribution is 2.27. The lowest BCUT2D eigenvalue weighted by Gasteiger charge is -2.34. The van der Waals surface area contributed by atoms with E-state index in [1.807, 2.05) is 24.0 Å². The van der Waals surface area contributed by atoms with Crippen molar-refractivity contribution in [1.82, 2.24) is 14.8 Å². The van der Waals surface area contributed by atoms with Crippen molar-refractivity contribution in [3.8, 4) is 6.07 Å². The van der Waals surface area contributed by atoms with Crippen molar-refractivity contribution >= 4 is 5.82 Å². The van der Waals surface area contributed by atoms with Gasteiger partial charge in [0, 0.05) is 25.0 Å². The van der Waals surface area contributed by atoms with E-state index in [1.54, 1.807) is 0 Å². The number of anilines is 1. The molecule has 0 N–H and O–H groups in total. The number of aromatic nitrogens is 3. The Balaban J connectivity index is 1.55. The van der Waals surface area contributed by atoms with Gasteiger partial charge in [0.1, 0.15) is 11.9 Å². The van der Waals surface area contributed by atoms with Gasteiger partial charge in [-0.3, -0.25) is 4.68 Å². The molecule has 130 valence electrons. The molecule has 3 heterocycles. The molecule has 0 aromatic carbocycles. The van der Waals surface area contributed by atoms with E-state index in [2.05, 4.69) is 22.1 Å². The Labute approximate surface area is 148 Å². The van der Waals surface area contributed by atoms with E-state index in [0.717, 1.165) is 43.9 Å². The average molecular weight is 337 g/mol. The highest BCUT2D eigenvalue weighted by atomic mass is 16.5. The zero-order valence-electron chi connectivity index (χ0n) is 14.6. The summed E-state index contributed by atoms with van der Waals surface area (Å²) in [5, 5.41) is 13.9. The first-order valence-electron chi connectivity index (χ1n) is 9.01. The van der Waals surface area contributed by atoms with E-state index < -0.39 is 0 Å². The highest BCUT2D eigenvalue weighted by molar-refractivity contribution is 5.56. The van der Waals surface area contributed by atoms with E-state index in [-0.39, 0.29) is 6.10 Å². The van der Waals surface area contributed by atoms with Crippen LogP contribution in [-0.4, -0.2) is 40.6 Å². The molecule has 0 unspecified atom stereocenters. The smallest absolute Gasteiger partial charge is 0.147 e. The van der Waals surface area contributed by atoms with Gasteiger partial charge in [0.2, 0.25) is 0 Å². The number of fused-ring (bicyclic) bond motifs is 1. The van der Waals surface area contributed by atoms with Crippen LogP contribution in [-0.2, 0) is 24.1 Å². The Morgan fingerprint density at radius 2 is 2.24 bits per heavy atom. The molecule has 0 spiro atoms. The number of rotatable bonds is 3. The maximum absolute atomic E-state index is 9.59. The minimum Gasteiger partial charge on any atom is -0.373 e. The quantitative estimate of drug-likeness (QED) is 0.859. The number of pyridine rings is 1. The van der Waals surface area contributed by atoms with Crippen LogP contribution in [0.5, 0.6) is 0 Å². The number of ether oxygens (including phenoxy) is 1. The molecule has 6 nitrogen and oxygen atoms in total. The van der Waals surface area contributed by atoms with Gasteiger partial charge in [-0.1, -0.05) is 0 Å². The van der Waals surface area contributed by atoms with Crippen LogP contribution in [0, 0.1) is 18.3 Å². The van der Waals surface area contributed by atoms with E-state index >= 15 is 0 Å². The average Bonchev–Trinajstić information content (AvgIpc) is 3.05. The van der Waals surface area contributed by atoms with Crippen molar-refractivity contribution in [2.75, 3.05) is 24.6 Å². The van der Waals surface area contributed by atoms with E-state index in [9.17, 15) is 5.26 Å². The van der Waals surface area contributed by atoms with Gasteiger partial charge in [0.25, 0.3) is 0 Å². The molecule has 0 bridgehead atoms. The normalized spacial score (nSPS) is 20.2. The van der Waals surface area contributed by atoms with Crippen LogP contribution < -0.4 is 4.90 Å². The molecular formula is C19H23N5O. The second kappa shape index (κ2) is 6.85. The predicted octanol–water partition coefficient (Wildman–Crippen LogP) is 2.24. The Kier molecular flexibility index (Phi) is 4.41. The first kappa shape index (κ1) is 16.1. The summed E-state index contributed by atoms with van der Waals surface area (Å²) in [5.41, 5.74) is 4.27. The maximum atomic E-state index is 9.59. The predicted molar refractivity (Wildman–Crippen MR) is 94.5 cm³/mol. The topological polar surface area (TPSA) is 67.0 Å². The second-order valence-corrected chi connectivity index (χ2v) is 6.96. The molecule has 6 heteroatoms. The van der Waals surface area contributed by atoms with Gasteiger partial charge in [-0.25, -0.2) is 4.98 Å².